The Balaban J connectivity index is 2.17. The van der Waals surface area contributed by atoms with Crippen LogP contribution in [0.3, 0.4) is 0 Å². The second-order valence-electron chi connectivity index (χ2n) is 5.49. The molecule has 0 saturated heterocycles. The van der Waals surface area contributed by atoms with Gasteiger partial charge >= 0.3 is 0 Å². The van der Waals surface area contributed by atoms with Gasteiger partial charge in [0.15, 0.2) is 5.82 Å². The smallest absolute Gasteiger partial charge is 0.229 e. The number of ketones is 1. The highest BCUT2D eigenvalue weighted by Gasteiger charge is 2.41. The van der Waals surface area contributed by atoms with E-state index in [2.05, 4.69) is 18.8 Å². The van der Waals surface area contributed by atoms with Crippen LogP contribution in [0.5, 0.6) is 0 Å². The summed E-state index contributed by atoms with van der Waals surface area (Å²) in [6.07, 6.45) is 7.35. The lowest BCUT2D eigenvalue weighted by Crippen LogP contribution is -2.43. The summed E-state index contributed by atoms with van der Waals surface area (Å²) < 4.78 is 1.85. The SMILES string of the molecule is CCCn1ccnc1C(=O)C1(O)CCC(C)CC1. The average molecular weight is 250 g/mol. The van der Waals surface area contributed by atoms with Gasteiger partial charge in [0.2, 0.25) is 5.78 Å². The maximum atomic E-state index is 12.5. The second-order valence-corrected chi connectivity index (χ2v) is 5.49. The summed E-state index contributed by atoms with van der Waals surface area (Å²) in [6.45, 7) is 5.00. The number of aliphatic hydroxyl groups is 1. The van der Waals surface area contributed by atoms with Gasteiger partial charge < -0.3 is 9.67 Å². The molecular weight excluding hydrogens is 228 g/mol. The Morgan fingerprint density at radius 3 is 2.83 bits per heavy atom. The van der Waals surface area contributed by atoms with Gasteiger partial charge in [-0.15, -0.1) is 0 Å². The number of hydrogen-bond donors (Lipinski definition) is 1. The fourth-order valence-electron chi connectivity index (χ4n) is 2.61. The molecule has 1 aromatic rings. The molecule has 2 rings (SSSR count). The molecule has 18 heavy (non-hydrogen) atoms. The Bertz CT molecular complexity index is 417. The number of imidazole rings is 1. The monoisotopic (exact) mass is 250 g/mol. The first-order chi connectivity index (χ1) is 8.57. The van der Waals surface area contributed by atoms with E-state index in [1.807, 2.05) is 10.8 Å². The molecule has 0 spiro atoms. The first-order valence-electron chi connectivity index (χ1n) is 6.85. The number of carbonyl (C=O) groups excluding carboxylic acids is 1. The van der Waals surface area contributed by atoms with Crippen molar-refractivity contribution in [2.45, 2.75) is 58.1 Å². The molecule has 0 amide bonds. The van der Waals surface area contributed by atoms with E-state index in [1.54, 1.807) is 6.20 Å². The van der Waals surface area contributed by atoms with Crippen molar-refractivity contribution < 1.29 is 9.90 Å². The summed E-state index contributed by atoms with van der Waals surface area (Å²) in [6, 6.07) is 0. The molecule has 0 aliphatic heterocycles. The standard InChI is InChI=1S/C14H22N2O2/c1-3-9-16-10-8-15-13(16)12(17)14(18)6-4-11(2)5-7-14/h8,10-11,18H,3-7,9H2,1-2H3. The van der Waals surface area contributed by atoms with Gasteiger partial charge in [0.05, 0.1) is 0 Å². The first kappa shape index (κ1) is 13.3. The minimum absolute atomic E-state index is 0.201. The van der Waals surface area contributed by atoms with Crippen LogP contribution in [-0.4, -0.2) is 26.0 Å². The molecule has 1 aromatic heterocycles. The summed E-state index contributed by atoms with van der Waals surface area (Å²) >= 11 is 0. The van der Waals surface area contributed by atoms with E-state index in [0.29, 0.717) is 24.6 Å². The first-order valence-corrected chi connectivity index (χ1v) is 6.85. The van der Waals surface area contributed by atoms with Crippen molar-refractivity contribution in [3.63, 3.8) is 0 Å². The number of carbonyl (C=O) groups is 1. The van der Waals surface area contributed by atoms with Crippen molar-refractivity contribution >= 4 is 5.78 Å². The maximum Gasteiger partial charge on any atom is 0.229 e. The molecule has 1 heterocycles. The molecule has 0 radical (unpaired) electrons. The third-order valence-electron chi connectivity index (χ3n) is 3.91. The number of Topliss-reactive ketones (excluding diaryl/α,β-unsaturated/α-hetero) is 1. The highest BCUT2D eigenvalue weighted by Crippen LogP contribution is 2.33. The van der Waals surface area contributed by atoms with Gasteiger partial charge in [-0.2, -0.15) is 0 Å². The van der Waals surface area contributed by atoms with Gasteiger partial charge in [-0.25, -0.2) is 4.98 Å². The van der Waals surface area contributed by atoms with E-state index in [0.717, 1.165) is 25.8 Å². The second kappa shape index (κ2) is 5.22. The quantitative estimate of drug-likeness (QED) is 0.835. The highest BCUT2D eigenvalue weighted by atomic mass is 16.3. The van der Waals surface area contributed by atoms with Crippen molar-refractivity contribution in [3.05, 3.63) is 18.2 Å². The molecule has 0 bridgehead atoms. The Hall–Kier alpha value is -1.16. The van der Waals surface area contributed by atoms with Crippen LogP contribution in [0.25, 0.3) is 0 Å². The van der Waals surface area contributed by atoms with Crippen LogP contribution >= 0.6 is 0 Å². The van der Waals surface area contributed by atoms with Crippen LogP contribution in [0.15, 0.2) is 12.4 Å². The molecular formula is C14H22N2O2. The van der Waals surface area contributed by atoms with Gasteiger partial charge in [0, 0.05) is 18.9 Å². The zero-order valence-electron chi connectivity index (χ0n) is 11.2. The predicted molar refractivity (Wildman–Crippen MR) is 69.4 cm³/mol. The van der Waals surface area contributed by atoms with E-state index in [-0.39, 0.29) is 5.78 Å². The van der Waals surface area contributed by atoms with E-state index in [9.17, 15) is 9.90 Å². The van der Waals surface area contributed by atoms with Crippen molar-refractivity contribution in [1.82, 2.24) is 9.55 Å². The number of hydrogen-bond acceptors (Lipinski definition) is 3. The molecule has 1 aliphatic rings. The maximum absolute atomic E-state index is 12.5. The Labute approximate surface area is 108 Å². The lowest BCUT2D eigenvalue weighted by atomic mass is 9.77. The minimum Gasteiger partial charge on any atom is -0.382 e. The molecule has 4 nitrogen and oxygen atoms in total. The number of aryl methyl sites for hydroxylation is 1. The molecule has 1 fully saturated rings. The van der Waals surface area contributed by atoms with Gasteiger partial charge in [-0.3, -0.25) is 4.79 Å². The van der Waals surface area contributed by atoms with Crippen LogP contribution in [-0.2, 0) is 6.54 Å². The van der Waals surface area contributed by atoms with Crippen LogP contribution in [0.2, 0.25) is 0 Å². The molecule has 1 N–H and O–H groups in total. The predicted octanol–water partition coefficient (Wildman–Crippen LogP) is 2.42. The van der Waals surface area contributed by atoms with Crippen LogP contribution in [0.1, 0.15) is 56.6 Å². The van der Waals surface area contributed by atoms with E-state index in [1.165, 1.54) is 0 Å². The molecule has 0 aromatic carbocycles. The summed E-state index contributed by atoms with van der Waals surface area (Å²) in [5, 5.41) is 10.5. The Kier molecular flexibility index (Phi) is 3.85. The van der Waals surface area contributed by atoms with Crippen LogP contribution in [0, 0.1) is 5.92 Å². The molecule has 100 valence electrons. The van der Waals surface area contributed by atoms with Gasteiger partial charge in [-0.05, 0) is 38.0 Å². The van der Waals surface area contributed by atoms with E-state index < -0.39 is 5.60 Å². The summed E-state index contributed by atoms with van der Waals surface area (Å²) in [5.74, 6) is 0.815. The molecule has 1 aliphatic carbocycles. The van der Waals surface area contributed by atoms with Gasteiger partial charge in [-0.1, -0.05) is 13.8 Å². The molecule has 0 unspecified atom stereocenters. The topological polar surface area (TPSA) is 55.1 Å². The van der Waals surface area contributed by atoms with Crippen molar-refractivity contribution in [3.8, 4) is 0 Å². The van der Waals surface area contributed by atoms with E-state index in [4.69, 9.17) is 0 Å². The normalized spacial score (nSPS) is 28.3. The summed E-state index contributed by atoms with van der Waals surface area (Å²) in [4.78, 5) is 16.6. The number of nitrogens with zero attached hydrogens (tertiary/aromatic N) is 2. The fraction of sp³-hybridized carbons (Fsp3) is 0.714. The Morgan fingerprint density at radius 2 is 2.22 bits per heavy atom. The van der Waals surface area contributed by atoms with Crippen molar-refractivity contribution in [1.29, 1.82) is 0 Å². The molecule has 1 saturated carbocycles. The van der Waals surface area contributed by atoms with Crippen molar-refractivity contribution in [2.24, 2.45) is 5.92 Å². The molecule has 0 atom stereocenters. The minimum atomic E-state index is -1.19. The lowest BCUT2D eigenvalue weighted by Gasteiger charge is -2.33. The largest absolute Gasteiger partial charge is 0.382 e. The van der Waals surface area contributed by atoms with Crippen molar-refractivity contribution in [2.75, 3.05) is 0 Å². The third-order valence-corrected chi connectivity index (χ3v) is 3.91. The lowest BCUT2D eigenvalue weighted by molar-refractivity contribution is 0.00300. The number of aromatic nitrogens is 2. The summed E-state index contributed by atoms with van der Waals surface area (Å²) in [7, 11) is 0. The van der Waals surface area contributed by atoms with E-state index >= 15 is 0 Å². The zero-order chi connectivity index (χ0) is 13.2. The zero-order valence-corrected chi connectivity index (χ0v) is 11.2. The molecule has 4 heteroatoms. The van der Waals surface area contributed by atoms with Gasteiger partial charge in [0.25, 0.3) is 0 Å². The Morgan fingerprint density at radius 1 is 1.56 bits per heavy atom. The fourth-order valence-corrected chi connectivity index (χ4v) is 2.61. The van der Waals surface area contributed by atoms with Crippen LogP contribution < -0.4 is 0 Å². The average Bonchev–Trinajstić information content (AvgIpc) is 2.81. The highest BCUT2D eigenvalue weighted by molar-refractivity contribution is 5.99. The number of rotatable bonds is 4. The summed E-state index contributed by atoms with van der Waals surface area (Å²) in [5.41, 5.74) is -1.19. The third kappa shape index (κ3) is 2.48. The van der Waals surface area contributed by atoms with Crippen LogP contribution in [0.4, 0.5) is 0 Å². The van der Waals surface area contributed by atoms with Gasteiger partial charge in [0.1, 0.15) is 5.60 Å².